The standard InChI is InChI=1S/C17H15N5O/c1-23-14-3-2-12-9-22(10-13(12)8-14)16-5-7-19-17(21-16)15-4-6-18-11-20-15/h2-8,11H,9-10H2,1H3. The van der Waals surface area contributed by atoms with Gasteiger partial charge in [-0.05, 0) is 35.4 Å². The van der Waals surface area contributed by atoms with Crippen molar-refractivity contribution in [2.45, 2.75) is 13.1 Å². The molecule has 2 aromatic heterocycles. The molecule has 0 unspecified atom stereocenters. The summed E-state index contributed by atoms with van der Waals surface area (Å²) in [4.78, 5) is 19.3. The molecule has 6 nitrogen and oxygen atoms in total. The van der Waals surface area contributed by atoms with Crippen molar-refractivity contribution in [2.75, 3.05) is 12.0 Å². The maximum atomic E-state index is 5.30. The molecule has 0 saturated carbocycles. The zero-order valence-corrected chi connectivity index (χ0v) is 12.7. The van der Waals surface area contributed by atoms with Crippen molar-refractivity contribution >= 4 is 5.82 Å². The van der Waals surface area contributed by atoms with Gasteiger partial charge >= 0.3 is 0 Å². The van der Waals surface area contributed by atoms with Gasteiger partial charge in [0.15, 0.2) is 5.82 Å². The molecule has 0 spiro atoms. The molecular formula is C17H15N5O. The second-order valence-electron chi connectivity index (χ2n) is 5.32. The highest BCUT2D eigenvalue weighted by atomic mass is 16.5. The predicted octanol–water partition coefficient (Wildman–Crippen LogP) is 2.46. The summed E-state index contributed by atoms with van der Waals surface area (Å²) in [6.45, 7) is 1.65. The average Bonchev–Trinajstić information content (AvgIpc) is 3.06. The molecule has 6 heteroatoms. The van der Waals surface area contributed by atoms with E-state index in [9.17, 15) is 0 Å². The summed E-state index contributed by atoms with van der Waals surface area (Å²) in [6, 6.07) is 9.92. The van der Waals surface area contributed by atoms with E-state index in [0.29, 0.717) is 5.82 Å². The minimum absolute atomic E-state index is 0.610. The molecule has 0 fully saturated rings. The number of anilines is 1. The largest absolute Gasteiger partial charge is 0.497 e. The van der Waals surface area contributed by atoms with Gasteiger partial charge in [-0.1, -0.05) is 6.07 Å². The molecule has 0 amide bonds. The summed E-state index contributed by atoms with van der Waals surface area (Å²) in [6.07, 6.45) is 4.96. The molecule has 0 radical (unpaired) electrons. The van der Waals surface area contributed by atoms with Gasteiger partial charge in [-0.25, -0.2) is 19.9 Å². The number of rotatable bonds is 3. The van der Waals surface area contributed by atoms with Crippen LogP contribution in [0.25, 0.3) is 11.5 Å². The number of methoxy groups -OCH3 is 1. The van der Waals surface area contributed by atoms with Crippen LogP contribution in [0, 0.1) is 0 Å². The van der Waals surface area contributed by atoms with E-state index in [-0.39, 0.29) is 0 Å². The van der Waals surface area contributed by atoms with E-state index in [1.54, 1.807) is 19.5 Å². The fraction of sp³-hybridized carbons (Fsp3) is 0.176. The minimum Gasteiger partial charge on any atom is -0.497 e. The van der Waals surface area contributed by atoms with Crippen LogP contribution in [-0.2, 0) is 13.1 Å². The van der Waals surface area contributed by atoms with Crippen LogP contribution in [0.4, 0.5) is 5.82 Å². The zero-order valence-electron chi connectivity index (χ0n) is 12.7. The van der Waals surface area contributed by atoms with E-state index in [2.05, 4.69) is 37.0 Å². The number of hydrogen-bond acceptors (Lipinski definition) is 6. The molecule has 4 rings (SSSR count). The van der Waals surface area contributed by atoms with Gasteiger partial charge in [0.1, 0.15) is 23.6 Å². The van der Waals surface area contributed by atoms with E-state index in [0.717, 1.165) is 30.4 Å². The van der Waals surface area contributed by atoms with Gasteiger partial charge in [0.25, 0.3) is 0 Å². The van der Waals surface area contributed by atoms with Crippen molar-refractivity contribution in [1.82, 2.24) is 19.9 Å². The molecule has 23 heavy (non-hydrogen) atoms. The second-order valence-corrected chi connectivity index (χ2v) is 5.32. The lowest BCUT2D eigenvalue weighted by molar-refractivity contribution is 0.414. The van der Waals surface area contributed by atoms with Crippen molar-refractivity contribution in [3.63, 3.8) is 0 Å². The van der Waals surface area contributed by atoms with Gasteiger partial charge in [0.05, 0.1) is 7.11 Å². The van der Waals surface area contributed by atoms with Crippen molar-refractivity contribution in [3.05, 3.63) is 60.2 Å². The van der Waals surface area contributed by atoms with Crippen LogP contribution in [0.2, 0.25) is 0 Å². The summed E-state index contributed by atoms with van der Waals surface area (Å²) < 4.78 is 5.30. The van der Waals surface area contributed by atoms with E-state index < -0.39 is 0 Å². The van der Waals surface area contributed by atoms with Gasteiger partial charge in [-0.3, -0.25) is 0 Å². The first-order chi connectivity index (χ1) is 11.3. The lowest BCUT2D eigenvalue weighted by Gasteiger charge is -2.16. The molecule has 3 heterocycles. The summed E-state index contributed by atoms with van der Waals surface area (Å²) in [5.41, 5.74) is 3.29. The number of ether oxygens (including phenoxy) is 1. The van der Waals surface area contributed by atoms with E-state index in [4.69, 9.17) is 4.74 Å². The van der Waals surface area contributed by atoms with Crippen LogP contribution < -0.4 is 9.64 Å². The Bertz CT molecular complexity index is 837. The Balaban J connectivity index is 1.63. The number of aromatic nitrogens is 4. The van der Waals surface area contributed by atoms with Crippen LogP contribution in [0.1, 0.15) is 11.1 Å². The Morgan fingerprint density at radius 3 is 2.74 bits per heavy atom. The third kappa shape index (κ3) is 2.59. The summed E-state index contributed by atoms with van der Waals surface area (Å²) >= 11 is 0. The van der Waals surface area contributed by atoms with Gasteiger partial charge in [0.2, 0.25) is 0 Å². The number of benzene rings is 1. The molecule has 1 aromatic carbocycles. The molecule has 3 aromatic rings. The van der Waals surface area contributed by atoms with Crippen LogP contribution in [0.15, 0.2) is 49.1 Å². The van der Waals surface area contributed by atoms with Crippen molar-refractivity contribution in [3.8, 4) is 17.3 Å². The number of hydrogen-bond donors (Lipinski definition) is 0. The van der Waals surface area contributed by atoms with Gasteiger partial charge in [0, 0.05) is 25.5 Å². The van der Waals surface area contributed by atoms with Crippen LogP contribution in [-0.4, -0.2) is 27.0 Å². The highest BCUT2D eigenvalue weighted by Crippen LogP contribution is 2.30. The lowest BCUT2D eigenvalue weighted by atomic mass is 10.1. The minimum atomic E-state index is 0.610. The molecule has 0 atom stereocenters. The summed E-state index contributed by atoms with van der Waals surface area (Å²) in [7, 11) is 1.69. The molecule has 1 aliphatic heterocycles. The average molecular weight is 305 g/mol. The SMILES string of the molecule is COc1ccc2c(c1)CN(c1ccnc(-c3ccncn3)n1)C2. The Morgan fingerprint density at radius 2 is 1.91 bits per heavy atom. The normalized spacial score (nSPS) is 13.0. The third-order valence-electron chi connectivity index (χ3n) is 3.91. The van der Waals surface area contributed by atoms with E-state index in [1.165, 1.54) is 17.5 Å². The smallest absolute Gasteiger partial charge is 0.180 e. The number of fused-ring (bicyclic) bond motifs is 1. The molecule has 0 aliphatic carbocycles. The van der Waals surface area contributed by atoms with Crippen molar-refractivity contribution in [2.24, 2.45) is 0 Å². The first kappa shape index (κ1) is 13.6. The highest BCUT2D eigenvalue weighted by Gasteiger charge is 2.21. The lowest BCUT2D eigenvalue weighted by Crippen LogP contribution is -2.16. The van der Waals surface area contributed by atoms with Crippen LogP contribution in [0.5, 0.6) is 5.75 Å². The molecule has 0 saturated heterocycles. The maximum Gasteiger partial charge on any atom is 0.180 e. The van der Waals surface area contributed by atoms with Crippen LogP contribution >= 0.6 is 0 Å². The van der Waals surface area contributed by atoms with E-state index >= 15 is 0 Å². The highest BCUT2D eigenvalue weighted by molar-refractivity contribution is 5.54. The van der Waals surface area contributed by atoms with Gasteiger partial charge in [-0.15, -0.1) is 0 Å². The third-order valence-corrected chi connectivity index (χ3v) is 3.91. The quantitative estimate of drug-likeness (QED) is 0.740. The number of nitrogens with zero attached hydrogens (tertiary/aromatic N) is 5. The maximum absolute atomic E-state index is 5.30. The molecule has 0 bridgehead atoms. The molecular weight excluding hydrogens is 290 g/mol. The Labute approximate surface area is 133 Å². The van der Waals surface area contributed by atoms with Gasteiger partial charge < -0.3 is 9.64 Å². The fourth-order valence-electron chi connectivity index (χ4n) is 2.73. The predicted molar refractivity (Wildman–Crippen MR) is 85.9 cm³/mol. The second kappa shape index (κ2) is 5.64. The summed E-state index contributed by atoms with van der Waals surface area (Å²) in [5.74, 6) is 2.39. The van der Waals surface area contributed by atoms with Crippen LogP contribution in [0.3, 0.4) is 0 Å². The first-order valence-corrected chi connectivity index (χ1v) is 7.33. The van der Waals surface area contributed by atoms with Crippen molar-refractivity contribution in [1.29, 1.82) is 0 Å². The molecule has 114 valence electrons. The van der Waals surface area contributed by atoms with Gasteiger partial charge in [-0.2, -0.15) is 0 Å². The Kier molecular flexibility index (Phi) is 3.34. The Hall–Kier alpha value is -3.02. The fourth-order valence-corrected chi connectivity index (χ4v) is 2.73. The Morgan fingerprint density at radius 1 is 1.00 bits per heavy atom. The summed E-state index contributed by atoms with van der Waals surface area (Å²) in [5, 5.41) is 0. The topological polar surface area (TPSA) is 64.0 Å². The molecule has 1 aliphatic rings. The monoisotopic (exact) mass is 305 g/mol. The van der Waals surface area contributed by atoms with E-state index in [1.807, 2.05) is 18.2 Å². The first-order valence-electron chi connectivity index (χ1n) is 7.33. The molecule has 0 N–H and O–H groups in total. The zero-order chi connectivity index (χ0) is 15.6. The van der Waals surface area contributed by atoms with Crippen molar-refractivity contribution < 1.29 is 4.74 Å².